The number of carbonyl (C=O) groups is 1. The molecule has 2 rings (SSSR count). The van der Waals surface area contributed by atoms with Gasteiger partial charge in [0.05, 0.1) is 19.3 Å². The Balaban J connectivity index is 1.97. The van der Waals surface area contributed by atoms with Crippen LogP contribution >= 0.6 is 0 Å². The molecular formula is C18H29N3O4. The average molecular weight is 351 g/mol. The van der Waals surface area contributed by atoms with Gasteiger partial charge in [0.15, 0.2) is 11.5 Å². The number of β-amino-alcohol motifs (C(OH)–C–C–N with tert-alkyl or cyclic N) is 1. The fourth-order valence-corrected chi connectivity index (χ4v) is 2.84. The highest BCUT2D eigenvalue weighted by Crippen LogP contribution is 2.30. The molecule has 1 aliphatic rings. The number of methoxy groups -OCH3 is 1. The summed E-state index contributed by atoms with van der Waals surface area (Å²) >= 11 is 0. The number of ether oxygens (including phenoxy) is 2. The van der Waals surface area contributed by atoms with E-state index in [9.17, 15) is 9.90 Å². The summed E-state index contributed by atoms with van der Waals surface area (Å²) in [5.41, 5.74) is 0.645. The first-order chi connectivity index (χ1) is 12.1. The SMILES string of the molecule is CCN(CC)CCOc1cc(NC(=O)C2CC(O)CN2)ccc1OC. The van der Waals surface area contributed by atoms with Crippen LogP contribution in [0.4, 0.5) is 5.69 Å². The number of anilines is 1. The lowest BCUT2D eigenvalue weighted by Crippen LogP contribution is -2.35. The van der Waals surface area contributed by atoms with Gasteiger partial charge in [-0.15, -0.1) is 0 Å². The topological polar surface area (TPSA) is 83.1 Å². The molecule has 0 saturated carbocycles. The molecule has 1 heterocycles. The molecule has 1 aromatic rings. The second-order valence-electron chi connectivity index (χ2n) is 6.08. The summed E-state index contributed by atoms with van der Waals surface area (Å²) in [7, 11) is 1.59. The molecule has 1 amide bonds. The molecule has 0 aromatic heterocycles. The normalized spacial score (nSPS) is 19.9. The molecule has 1 saturated heterocycles. The summed E-state index contributed by atoms with van der Waals surface area (Å²) in [4.78, 5) is 14.5. The summed E-state index contributed by atoms with van der Waals surface area (Å²) in [5, 5.41) is 15.4. The molecule has 140 valence electrons. The van der Waals surface area contributed by atoms with Crippen LogP contribution in [0.15, 0.2) is 18.2 Å². The van der Waals surface area contributed by atoms with Crippen LogP contribution < -0.4 is 20.1 Å². The smallest absolute Gasteiger partial charge is 0.241 e. The van der Waals surface area contributed by atoms with Crippen molar-refractivity contribution in [3.63, 3.8) is 0 Å². The van der Waals surface area contributed by atoms with E-state index >= 15 is 0 Å². The number of aliphatic hydroxyl groups is 1. The van der Waals surface area contributed by atoms with Gasteiger partial charge in [-0.25, -0.2) is 0 Å². The van der Waals surface area contributed by atoms with E-state index in [4.69, 9.17) is 9.47 Å². The van der Waals surface area contributed by atoms with Crippen molar-refractivity contribution in [2.75, 3.05) is 45.2 Å². The van der Waals surface area contributed by atoms with E-state index in [1.807, 2.05) is 0 Å². The van der Waals surface area contributed by atoms with Gasteiger partial charge >= 0.3 is 0 Å². The van der Waals surface area contributed by atoms with Gasteiger partial charge in [0.2, 0.25) is 5.91 Å². The van der Waals surface area contributed by atoms with Gasteiger partial charge < -0.3 is 30.1 Å². The van der Waals surface area contributed by atoms with Crippen molar-refractivity contribution in [1.29, 1.82) is 0 Å². The van der Waals surface area contributed by atoms with Crippen molar-refractivity contribution in [2.45, 2.75) is 32.4 Å². The zero-order chi connectivity index (χ0) is 18.2. The Morgan fingerprint density at radius 1 is 1.36 bits per heavy atom. The van der Waals surface area contributed by atoms with Crippen LogP contribution in [-0.4, -0.2) is 68.0 Å². The van der Waals surface area contributed by atoms with Gasteiger partial charge in [0, 0.05) is 24.8 Å². The minimum absolute atomic E-state index is 0.157. The number of benzene rings is 1. The third-order valence-corrected chi connectivity index (χ3v) is 4.41. The molecule has 2 unspecified atom stereocenters. The highest BCUT2D eigenvalue weighted by Gasteiger charge is 2.28. The van der Waals surface area contributed by atoms with Gasteiger partial charge in [-0.3, -0.25) is 4.79 Å². The molecule has 1 aliphatic heterocycles. The lowest BCUT2D eigenvalue weighted by molar-refractivity contribution is -0.117. The Bertz CT molecular complexity index is 563. The van der Waals surface area contributed by atoms with E-state index in [-0.39, 0.29) is 11.9 Å². The summed E-state index contributed by atoms with van der Waals surface area (Å²) in [5.74, 6) is 1.08. The standard InChI is InChI=1S/C18H29N3O4/c1-4-21(5-2)8-9-25-17-10-13(6-7-16(17)24-3)20-18(23)15-11-14(22)12-19-15/h6-7,10,14-15,19,22H,4-5,8-9,11-12H2,1-3H3,(H,20,23). The van der Waals surface area contributed by atoms with Crippen LogP contribution in [0.1, 0.15) is 20.3 Å². The first-order valence-corrected chi connectivity index (χ1v) is 8.82. The van der Waals surface area contributed by atoms with Crippen molar-refractivity contribution in [3.05, 3.63) is 18.2 Å². The molecule has 0 spiro atoms. The number of aliphatic hydroxyl groups excluding tert-OH is 1. The monoisotopic (exact) mass is 351 g/mol. The Labute approximate surface area is 149 Å². The molecule has 1 fully saturated rings. The number of nitrogens with one attached hydrogen (secondary N) is 2. The minimum atomic E-state index is -0.467. The van der Waals surface area contributed by atoms with Crippen molar-refractivity contribution >= 4 is 11.6 Å². The zero-order valence-electron chi connectivity index (χ0n) is 15.2. The lowest BCUT2D eigenvalue weighted by atomic mass is 10.2. The van der Waals surface area contributed by atoms with Gasteiger partial charge in [-0.2, -0.15) is 0 Å². The predicted octanol–water partition coefficient (Wildman–Crippen LogP) is 1.08. The van der Waals surface area contributed by atoms with E-state index in [0.29, 0.717) is 36.8 Å². The van der Waals surface area contributed by atoms with Gasteiger partial charge in [0.1, 0.15) is 6.61 Å². The van der Waals surface area contributed by atoms with Crippen LogP contribution in [0.5, 0.6) is 11.5 Å². The maximum absolute atomic E-state index is 12.2. The third-order valence-electron chi connectivity index (χ3n) is 4.41. The quantitative estimate of drug-likeness (QED) is 0.617. The second-order valence-corrected chi connectivity index (χ2v) is 6.08. The molecule has 3 N–H and O–H groups in total. The predicted molar refractivity (Wildman–Crippen MR) is 97.3 cm³/mol. The lowest BCUT2D eigenvalue weighted by Gasteiger charge is -2.19. The Morgan fingerprint density at radius 3 is 2.72 bits per heavy atom. The maximum atomic E-state index is 12.2. The number of carbonyl (C=O) groups excluding carboxylic acids is 1. The van der Waals surface area contributed by atoms with Crippen LogP contribution in [-0.2, 0) is 4.79 Å². The first kappa shape index (κ1) is 19.5. The number of likely N-dealkylation sites (N-methyl/N-ethyl adjacent to an activating group) is 1. The molecular weight excluding hydrogens is 322 g/mol. The van der Waals surface area contributed by atoms with Crippen molar-refractivity contribution in [1.82, 2.24) is 10.2 Å². The number of hydrogen-bond acceptors (Lipinski definition) is 6. The fraction of sp³-hybridized carbons (Fsp3) is 0.611. The zero-order valence-corrected chi connectivity index (χ0v) is 15.2. The largest absolute Gasteiger partial charge is 0.493 e. The Morgan fingerprint density at radius 2 is 2.12 bits per heavy atom. The number of nitrogens with zero attached hydrogens (tertiary/aromatic N) is 1. The average Bonchev–Trinajstić information content (AvgIpc) is 3.05. The highest BCUT2D eigenvalue weighted by atomic mass is 16.5. The summed E-state index contributed by atoms with van der Waals surface area (Å²) in [6, 6.07) is 4.95. The Hall–Kier alpha value is -1.83. The molecule has 0 aliphatic carbocycles. The number of rotatable bonds is 9. The maximum Gasteiger partial charge on any atom is 0.241 e. The van der Waals surface area contributed by atoms with E-state index in [1.165, 1.54) is 0 Å². The van der Waals surface area contributed by atoms with Crippen molar-refractivity contribution in [2.24, 2.45) is 0 Å². The van der Waals surface area contributed by atoms with Crippen LogP contribution in [0.25, 0.3) is 0 Å². The summed E-state index contributed by atoms with van der Waals surface area (Å²) in [6.45, 7) is 8.02. The molecule has 7 heteroatoms. The summed E-state index contributed by atoms with van der Waals surface area (Å²) < 4.78 is 11.2. The van der Waals surface area contributed by atoms with Crippen molar-refractivity contribution < 1.29 is 19.4 Å². The number of amides is 1. The van der Waals surface area contributed by atoms with Gasteiger partial charge in [-0.05, 0) is 31.6 Å². The molecule has 7 nitrogen and oxygen atoms in total. The molecule has 0 radical (unpaired) electrons. The Kier molecular flexibility index (Phi) is 7.49. The molecule has 2 atom stereocenters. The molecule has 0 bridgehead atoms. The highest BCUT2D eigenvalue weighted by molar-refractivity contribution is 5.95. The van der Waals surface area contributed by atoms with E-state index in [2.05, 4.69) is 29.4 Å². The minimum Gasteiger partial charge on any atom is -0.493 e. The van der Waals surface area contributed by atoms with E-state index < -0.39 is 6.10 Å². The van der Waals surface area contributed by atoms with Gasteiger partial charge in [0.25, 0.3) is 0 Å². The van der Waals surface area contributed by atoms with Crippen LogP contribution in [0.2, 0.25) is 0 Å². The summed E-state index contributed by atoms with van der Waals surface area (Å²) in [6.07, 6.45) is -0.0412. The van der Waals surface area contributed by atoms with Crippen molar-refractivity contribution in [3.8, 4) is 11.5 Å². The first-order valence-electron chi connectivity index (χ1n) is 8.82. The second kappa shape index (κ2) is 9.60. The fourth-order valence-electron chi connectivity index (χ4n) is 2.84. The van der Waals surface area contributed by atoms with Gasteiger partial charge in [-0.1, -0.05) is 13.8 Å². The molecule has 1 aromatic carbocycles. The van der Waals surface area contributed by atoms with E-state index in [1.54, 1.807) is 25.3 Å². The van der Waals surface area contributed by atoms with Crippen LogP contribution in [0.3, 0.4) is 0 Å². The third kappa shape index (κ3) is 5.59. The van der Waals surface area contributed by atoms with Crippen LogP contribution in [0, 0.1) is 0 Å². The number of hydrogen-bond donors (Lipinski definition) is 3. The van der Waals surface area contributed by atoms with E-state index in [0.717, 1.165) is 19.6 Å². The molecule has 25 heavy (non-hydrogen) atoms.